The summed E-state index contributed by atoms with van der Waals surface area (Å²) in [4.78, 5) is 40.4. The highest BCUT2D eigenvalue weighted by atomic mass is 19.1. The van der Waals surface area contributed by atoms with E-state index in [4.69, 9.17) is 15.2 Å². The van der Waals surface area contributed by atoms with E-state index in [1.807, 2.05) is 0 Å². The number of benzene rings is 1. The van der Waals surface area contributed by atoms with Gasteiger partial charge in [-0.05, 0) is 64.3 Å². The van der Waals surface area contributed by atoms with Gasteiger partial charge in [-0.15, -0.1) is 0 Å². The molecule has 2 aliphatic rings. The molecule has 0 aliphatic carbocycles. The van der Waals surface area contributed by atoms with Crippen LogP contribution in [0.3, 0.4) is 0 Å². The van der Waals surface area contributed by atoms with Gasteiger partial charge in [0.2, 0.25) is 5.91 Å². The third kappa shape index (κ3) is 5.35. The van der Waals surface area contributed by atoms with Crippen molar-refractivity contribution in [1.29, 1.82) is 0 Å². The summed E-state index contributed by atoms with van der Waals surface area (Å²) in [5.41, 5.74) is 6.51. The Kier molecular flexibility index (Phi) is 7.03. The first kappa shape index (κ1) is 25.6. The molecular formula is C25H32FN5O5. The van der Waals surface area contributed by atoms with Gasteiger partial charge in [0.25, 0.3) is 5.91 Å². The molecule has 36 heavy (non-hydrogen) atoms. The SMILES string of the molecule is Cc1cc(-c2nn3c(c2C(N)=O)CN(C(=O)OC(C)(C)C)CC3C(=O)NC2CCOCC2)ccc1F. The van der Waals surface area contributed by atoms with Gasteiger partial charge < -0.3 is 20.5 Å². The molecule has 3 amide bonds. The highest BCUT2D eigenvalue weighted by molar-refractivity contribution is 6.00. The Bertz CT molecular complexity index is 1180. The van der Waals surface area contributed by atoms with Crippen molar-refractivity contribution < 1.29 is 28.2 Å². The van der Waals surface area contributed by atoms with Gasteiger partial charge in [0, 0.05) is 24.8 Å². The van der Waals surface area contributed by atoms with Gasteiger partial charge in [0.05, 0.1) is 24.3 Å². The normalized spacial score (nSPS) is 18.5. The number of nitrogens with one attached hydrogen (secondary N) is 1. The largest absolute Gasteiger partial charge is 0.444 e. The van der Waals surface area contributed by atoms with E-state index in [-0.39, 0.29) is 36.3 Å². The number of ether oxygens (including phenoxy) is 2. The Balaban J connectivity index is 1.77. The second-order valence-electron chi connectivity index (χ2n) is 10.2. The summed E-state index contributed by atoms with van der Waals surface area (Å²) in [6.45, 7) is 7.92. The lowest BCUT2D eigenvalue weighted by molar-refractivity contribution is -0.127. The number of nitrogens with two attached hydrogens (primary N) is 1. The van der Waals surface area contributed by atoms with Gasteiger partial charge in [-0.1, -0.05) is 0 Å². The molecule has 1 aromatic carbocycles. The van der Waals surface area contributed by atoms with Crippen molar-refractivity contribution >= 4 is 17.9 Å². The fraction of sp³-hybridized carbons (Fsp3) is 0.520. The number of fused-ring (bicyclic) bond motifs is 1. The second kappa shape index (κ2) is 9.88. The molecule has 1 saturated heterocycles. The molecule has 0 bridgehead atoms. The first-order valence-electron chi connectivity index (χ1n) is 12.0. The molecule has 1 aromatic heterocycles. The van der Waals surface area contributed by atoms with Crippen molar-refractivity contribution in [2.45, 2.75) is 64.8 Å². The van der Waals surface area contributed by atoms with Crippen molar-refractivity contribution in [3.8, 4) is 11.3 Å². The van der Waals surface area contributed by atoms with Crippen LogP contribution in [0.2, 0.25) is 0 Å². The highest BCUT2D eigenvalue weighted by Gasteiger charge is 2.39. The molecule has 11 heteroatoms. The van der Waals surface area contributed by atoms with Crippen LogP contribution in [-0.4, -0.2) is 64.0 Å². The molecule has 3 N–H and O–H groups in total. The van der Waals surface area contributed by atoms with Crippen LogP contribution in [0.5, 0.6) is 0 Å². The lowest BCUT2D eigenvalue weighted by atomic mass is 10.0. The zero-order valence-corrected chi connectivity index (χ0v) is 21.0. The summed E-state index contributed by atoms with van der Waals surface area (Å²) in [5, 5.41) is 7.63. The third-order valence-corrected chi connectivity index (χ3v) is 6.24. The van der Waals surface area contributed by atoms with Crippen molar-refractivity contribution in [2.75, 3.05) is 19.8 Å². The smallest absolute Gasteiger partial charge is 0.410 e. The predicted molar refractivity (Wildman–Crippen MR) is 129 cm³/mol. The molecule has 3 heterocycles. The van der Waals surface area contributed by atoms with E-state index in [1.54, 1.807) is 33.8 Å². The summed E-state index contributed by atoms with van der Waals surface area (Å²) in [7, 11) is 0. The maximum atomic E-state index is 13.9. The fourth-order valence-electron chi connectivity index (χ4n) is 4.46. The standard InChI is InChI=1S/C25H32FN5O5/c1-14-11-15(5-6-17(14)26)21-20(22(27)32)18-12-30(24(34)36-25(2,3)4)13-19(31(18)29-21)23(33)28-16-7-9-35-10-8-16/h5-6,11,16,19H,7-10,12-13H2,1-4H3,(H2,27,32)(H,28,33). The Hall–Kier alpha value is -3.47. The van der Waals surface area contributed by atoms with E-state index in [0.717, 1.165) is 0 Å². The van der Waals surface area contributed by atoms with Crippen LogP contribution in [0.1, 0.15) is 61.3 Å². The van der Waals surface area contributed by atoms with Gasteiger partial charge in [-0.25, -0.2) is 9.18 Å². The summed E-state index contributed by atoms with van der Waals surface area (Å²) >= 11 is 0. The van der Waals surface area contributed by atoms with Crippen molar-refractivity contribution in [3.05, 3.63) is 40.8 Å². The van der Waals surface area contributed by atoms with Crippen LogP contribution < -0.4 is 11.1 Å². The van der Waals surface area contributed by atoms with Crippen molar-refractivity contribution in [2.24, 2.45) is 5.73 Å². The van der Waals surface area contributed by atoms with Gasteiger partial charge in [0.15, 0.2) is 0 Å². The van der Waals surface area contributed by atoms with Gasteiger partial charge in [0.1, 0.15) is 23.2 Å². The van der Waals surface area contributed by atoms with Crippen LogP contribution >= 0.6 is 0 Å². The average molecular weight is 502 g/mol. The topological polar surface area (TPSA) is 129 Å². The molecule has 4 rings (SSSR count). The number of primary amides is 1. The first-order valence-corrected chi connectivity index (χ1v) is 12.0. The predicted octanol–water partition coefficient (Wildman–Crippen LogP) is 2.68. The summed E-state index contributed by atoms with van der Waals surface area (Å²) in [5.74, 6) is -1.49. The number of halogens is 1. The molecule has 1 atom stereocenters. The van der Waals surface area contributed by atoms with E-state index < -0.39 is 29.5 Å². The van der Waals surface area contributed by atoms with Crippen LogP contribution in [0, 0.1) is 12.7 Å². The van der Waals surface area contributed by atoms with Crippen LogP contribution in [0.4, 0.5) is 9.18 Å². The van der Waals surface area contributed by atoms with E-state index in [1.165, 1.54) is 21.7 Å². The minimum absolute atomic E-state index is 0.00126. The minimum atomic E-state index is -0.919. The quantitative estimate of drug-likeness (QED) is 0.663. The summed E-state index contributed by atoms with van der Waals surface area (Å²) < 4.78 is 26.3. The molecule has 1 unspecified atom stereocenters. The maximum Gasteiger partial charge on any atom is 0.410 e. The minimum Gasteiger partial charge on any atom is -0.444 e. The molecule has 194 valence electrons. The van der Waals surface area contributed by atoms with Crippen LogP contribution in [0.15, 0.2) is 18.2 Å². The first-order chi connectivity index (χ1) is 16.9. The number of hydrogen-bond donors (Lipinski definition) is 2. The highest BCUT2D eigenvalue weighted by Crippen LogP contribution is 2.33. The molecule has 10 nitrogen and oxygen atoms in total. The maximum absolute atomic E-state index is 13.9. The van der Waals surface area contributed by atoms with E-state index in [0.29, 0.717) is 42.9 Å². The number of aryl methyl sites for hydroxylation is 1. The molecule has 2 aliphatic heterocycles. The zero-order valence-electron chi connectivity index (χ0n) is 21.0. The van der Waals surface area contributed by atoms with E-state index in [9.17, 15) is 18.8 Å². The molecule has 0 spiro atoms. The zero-order chi connectivity index (χ0) is 26.2. The number of amides is 3. The third-order valence-electron chi connectivity index (χ3n) is 6.24. The van der Waals surface area contributed by atoms with Crippen LogP contribution in [-0.2, 0) is 20.8 Å². The number of hydrogen-bond acceptors (Lipinski definition) is 6. The second-order valence-corrected chi connectivity index (χ2v) is 10.2. The van der Waals surface area contributed by atoms with Crippen molar-refractivity contribution in [3.63, 3.8) is 0 Å². The fourth-order valence-corrected chi connectivity index (χ4v) is 4.46. The Morgan fingerprint density at radius 1 is 1.22 bits per heavy atom. The van der Waals surface area contributed by atoms with E-state index in [2.05, 4.69) is 10.4 Å². The number of carbonyl (C=O) groups is 3. The number of rotatable bonds is 4. The lowest BCUT2D eigenvalue weighted by Crippen LogP contribution is -2.50. The Morgan fingerprint density at radius 2 is 1.92 bits per heavy atom. The number of carbonyl (C=O) groups excluding carboxylic acids is 3. The van der Waals surface area contributed by atoms with Gasteiger partial charge in [-0.2, -0.15) is 5.10 Å². The monoisotopic (exact) mass is 501 g/mol. The summed E-state index contributed by atoms with van der Waals surface area (Å²) in [6.07, 6.45) is 0.730. The van der Waals surface area contributed by atoms with Gasteiger partial charge in [-0.3, -0.25) is 19.2 Å². The lowest BCUT2D eigenvalue weighted by Gasteiger charge is -2.35. The van der Waals surface area contributed by atoms with Crippen molar-refractivity contribution in [1.82, 2.24) is 20.0 Å². The Labute approximate surface area is 208 Å². The molecule has 0 saturated carbocycles. The number of aromatic nitrogens is 2. The molecule has 2 aromatic rings. The van der Waals surface area contributed by atoms with E-state index >= 15 is 0 Å². The Morgan fingerprint density at radius 3 is 2.53 bits per heavy atom. The number of nitrogens with zero attached hydrogens (tertiary/aromatic N) is 3. The molecule has 1 fully saturated rings. The summed E-state index contributed by atoms with van der Waals surface area (Å²) in [6, 6.07) is 3.37. The molecule has 0 radical (unpaired) electrons. The van der Waals surface area contributed by atoms with Crippen LogP contribution in [0.25, 0.3) is 11.3 Å². The average Bonchev–Trinajstić information content (AvgIpc) is 3.19. The molecular weight excluding hydrogens is 469 g/mol. The van der Waals surface area contributed by atoms with Gasteiger partial charge >= 0.3 is 6.09 Å².